The lowest BCUT2D eigenvalue weighted by atomic mass is 10.2. The van der Waals surface area contributed by atoms with Gasteiger partial charge in [0.2, 0.25) is 0 Å². The molecular formula is C31H41N5O4. The van der Waals surface area contributed by atoms with E-state index in [0.717, 1.165) is 61.3 Å². The topological polar surface area (TPSA) is 100 Å². The number of unbranched alkanes of at least 4 members (excludes halogenated alkanes) is 2. The number of nitrogens with zero attached hydrogens (tertiary/aromatic N) is 5. The second-order valence-electron chi connectivity index (χ2n) is 9.52. The molecule has 0 saturated carbocycles. The van der Waals surface area contributed by atoms with E-state index in [-0.39, 0.29) is 11.9 Å². The highest BCUT2D eigenvalue weighted by Gasteiger charge is 2.19. The van der Waals surface area contributed by atoms with E-state index >= 15 is 0 Å². The molecule has 0 aliphatic heterocycles. The fraction of sp³-hybridized carbons (Fsp3) is 0.452. The van der Waals surface area contributed by atoms with Gasteiger partial charge in [0.25, 0.3) is 0 Å². The summed E-state index contributed by atoms with van der Waals surface area (Å²) in [4.78, 5) is 29.6. The molecule has 0 bridgehead atoms. The van der Waals surface area contributed by atoms with E-state index in [4.69, 9.17) is 9.47 Å². The SMILES string of the molecule is CCCCc1cc(C(=O)OCC)c(C)n1/N=C/c1cccc(/C=N/n2c(CCCC)cc(C(=O)OCC)c2C)n1. The molecule has 9 nitrogen and oxygen atoms in total. The second kappa shape index (κ2) is 15.0. The Labute approximate surface area is 236 Å². The fourth-order valence-electron chi connectivity index (χ4n) is 4.39. The Kier molecular flexibility index (Phi) is 11.4. The number of ether oxygens (including phenoxy) is 2. The molecule has 0 atom stereocenters. The van der Waals surface area contributed by atoms with Gasteiger partial charge in [-0.1, -0.05) is 32.8 Å². The van der Waals surface area contributed by atoms with Crippen LogP contribution in [0.2, 0.25) is 0 Å². The van der Waals surface area contributed by atoms with E-state index in [2.05, 4.69) is 29.0 Å². The number of hydrogen-bond acceptors (Lipinski definition) is 7. The molecule has 0 spiro atoms. The van der Waals surface area contributed by atoms with Gasteiger partial charge in [0.15, 0.2) is 0 Å². The van der Waals surface area contributed by atoms with Gasteiger partial charge < -0.3 is 9.47 Å². The van der Waals surface area contributed by atoms with Crippen molar-refractivity contribution in [3.63, 3.8) is 0 Å². The first-order chi connectivity index (χ1) is 19.3. The summed E-state index contributed by atoms with van der Waals surface area (Å²) in [6.07, 6.45) is 9.02. The van der Waals surface area contributed by atoms with Crippen molar-refractivity contribution in [2.24, 2.45) is 10.2 Å². The van der Waals surface area contributed by atoms with Crippen LogP contribution in [0, 0.1) is 13.8 Å². The quantitative estimate of drug-likeness (QED) is 0.179. The number of carbonyl (C=O) groups is 2. The van der Waals surface area contributed by atoms with Gasteiger partial charge in [0.1, 0.15) is 0 Å². The van der Waals surface area contributed by atoms with Crippen molar-refractivity contribution in [1.29, 1.82) is 0 Å². The molecule has 3 rings (SSSR count). The second-order valence-corrected chi connectivity index (χ2v) is 9.52. The molecule has 0 saturated heterocycles. The first-order valence-corrected chi connectivity index (χ1v) is 14.2. The van der Waals surface area contributed by atoms with Crippen LogP contribution < -0.4 is 0 Å². The normalized spacial score (nSPS) is 11.6. The van der Waals surface area contributed by atoms with E-state index in [9.17, 15) is 9.59 Å². The molecule has 0 radical (unpaired) electrons. The Balaban J connectivity index is 1.90. The molecule has 3 aromatic rings. The Morgan fingerprint density at radius 3 is 1.57 bits per heavy atom. The first kappa shape index (κ1) is 30.5. The van der Waals surface area contributed by atoms with Crippen molar-refractivity contribution >= 4 is 24.4 Å². The standard InChI is InChI=1S/C31H41N5O4/c1-7-11-16-26-18-28(30(37)39-9-3)22(5)35(26)32-20-24-14-13-15-25(34-24)21-33-36-23(6)29(31(38)40-10-4)19-27(36)17-12-8-2/h13-15,18-21H,7-12,16-17H2,1-6H3/b32-20+,33-21+. The van der Waals surface area contributed by atoms with Gasteiger partial charge in [0.05, 0.1) is 59.5 Å². The van der Waals surface area contributed by atoms with Crippen molar-refractivity contribution < 1.29 is 19.1 Å². The molecular weight excluding hydrogens is 506 g/mol. The Hall–Kier alpha value is -4.01. The van der Waals surface area contributed by atoms with Gasteiger partial charge in [-0.05, 0) is 77.6 Å². The zero-order chi connectivity index (χ0) is 29.1. The highest BCUT2D eigenvalue weighted by molar-refractivity contribution is 5.92. The molecule has 0 fully saturated rings. The number of pyridine rings is 1. The van der Waals surface area contributed by atoms with Gasteiger partial charge in [-0.2, -0.15) is 10.2 Å². The van der Waals surface area contributed by atoms with Gasteiger partial charge in [-0.3, -0.25) is 0 Å². The van der Waals surface area contributed by atoms with Crippen LogP contribution in [0.5, 0.6) is 0 Å². The molecule has 9 heteroatoms. The van der Waals surface area contributed by atoms with Crippen LogP contribution in [0.15, 0.2) is 40.5 Å². The van der Waals surface area contributed by atoms with Gasteiger partial charge in [0, 0.05) is 11.4 Å². The molecule has 214 valence electrons. The number of aromatic nitrogens is 3. The number of rotatable bonds is 14. The predicted molar refractivity (Wildman–Crippen MR) is 158 cm³/mol. The van der Waals surface area contributed by atoms with E-state index in [1.165, 1.54) is 0 Å². The monoisotopic (exact) mass is 547 g/mol. The van der Waals surface area contributed by atoms with Crippen molar-refractivity contribution in [3.05, 3.63) is 75.6 Å². The van der Waals surface area contributed by atoms with E-state index in [1.807, 2.05) is 44.2 Å². The van der Waals surface area contributed by atoms with Gasteiger partial charge >= 0.3 is 11.9 Å². The Morgan fingerprint density at radius 1 is 0.775 bits per heavy atom. The van der Waals surface area contributed by atoms with Crippen LogP contribution in [-0.4, -0.2) is 51.9 Å². The largest absolute Gasteiger partial charge is 0.462 e. The summed E-state index contributed by atoms with van der Waals surface area (Å²) in [7, 11) is 0. The van der Waals surface area contributed by atoms with Gasteiger partial charge in [-0.25, -0.2) is 23.9 Å². The third kappa shape index (κ3) is 7.55. The number of aryl methyl sites for hydroxylation is 2. The van der Waals surface area contributed by atoms with Crippen LogP contribution in [0.4, 0.5) is 0 Å². The predicted octanol–water partition coefficient (Wildman–Crippen LogP) is 6.10. The van der Waals surface area contributed by atoms with Crippen LogP contribution in [-0.2, 0) is 22.3 Å². The third-order valence-corrected chi connectivity index (χ3v) is 6.55. The summed E-state index contributed by atoms with van der Waals surface area (Å²) in [5, 5.41) is 9.35. The molecule has 0 aliphatic rings. The smallest absolute Gasteiger partial charge is 0.340 e. The molecule has 3 aromatic heterocycles. The first-order valence-electron chi connectivity index (χ1n) is 14.2. The van der Waals surface area contributed by atoms with Crippen LogP contribution in [0.3, 0.4) is 0 Å². The third-order valence-electron chi connectivity index (χ3n) is 6.55. The zero-order valence-electron chi connectivity index (χ0n) is 24.6. The maximum atomic E-state index is 12.4. The summed E-state index contributed by atoms with van der Waals surface area (Å²) in [5.41, 5.74) is 5.74. The lowest BCUT2D eigenvalue weighted by Crippen LogP contribution is -2.07. The molecule has 0 amide bonds. The number of carbonyl (C=O) groups excluding carboxylic acids is 2. The lowest BCUT2D eigenvalue weighted by molar-refractivity contribution is 0.0515. The number of esters is 2. The molecule has 0 aromatic carbocycles. The maximum absolute atomic E-state index is 12.4. The van der Waals surface area contributed by atoms with Crippen LogP contribution in [0.1, 0.15) is 108 Å². The van der Waals surface area contributed by atoms with E-state index in [1.54, 1.807) is 35.6 Å². The Bertz CT molecular complexity index is 1270. The minimum Gasteiger partial charge on any atom is -0.462 e. The summed E-state index contributed by atoms with van der Waals surface area (Å²) in [5.74, 6) is -0.680. The highest BCUT2D eigenvalue weighted by Crippen LogP contribution is 2.20. The molecule has 40 heavy (non-hydrogen) atoms. The maximum Gasteiger partial charge on any atom is 0.340 e. The van der Waals surface area contributed by atoms with Crippen LogP contribution in [0.25, 0.3) is 0 Å². The van der Waals surface area contributed by atoms with Crippen molar-refractivity contribution in [2.45, 2.75) is 80.1 Å². The highest BCUT2D eigenvalue weighted by atomic mass is 16.5. The zero-order valence-corrected chi connectivity index (χ0v) is 24.6. The van der Waals surface area contributed by atoms with E-state index in [0.29, 0.717) is 35.7 Å². The fourth-order valence-corrected chi connectivity index (χ4v) is 4.39. The number of hydrogen-bond donors (Lipinski definition) is 0. The molecule has 0 aliphatic carbocycles. The minimum atomic E-state index is -0.340. The summed E-state index contributed by atoms with van der Waals surface area (Å²) in [6.45, 7) is 12.2. The average Bonchev–Trinajstić information content (AvgIpc) is 3.44. The molecule has 0 unspecified atom stereocenters. The molecule has 0 N–H and O–H groups in total. The van der Waals surface area contributed by atoms with Crippen molar-refractivity contribution in [1.82, 2.24) is 14.3 Å². The van der Waals surface area contributed by atoms with Crippen molar-refractivity contribution in [3.8, 4) is 0 Å². The average molecular weight is 548 g/mol. The minimum absolute atomic E-state index is 0.321. The molecule has 3 heterocycles. The summed E-state index contributed by atoms with van der Waals surface area (Å²) < 4.78 is 14.1. The summed E-state index contributed by atoms with van der Waals surface area (Å²) >= 11 is 0. The Morgan fingerprint density at radius 2 is 1.20 bits per heavy atom. The lowest BCUT2D eigenvalue weighted by Gasteiger charge is -2.06. The van der Waals surface area contributed by atoms with Crippen molar-refractivity contribution in [2.75, 3.05) is 13.2 Å². The van der Waals surface area contributed by atoms with E-state index < -0.39 is 0 Å². The van der Waals surface area contributed by atoms with Gasteiger partial charge in [-0.15, -0.1) is 0 Å². The summed E-state index contributed by atoms with van der Waals surface area (Å²) in [6, 6.07) is 9.37. The van der Waals surface area contributed by atoms with Crippen LogP contribution >= 0.6 is 0 Å².